The summed E-state index contributed by atoms with van der Waals surface area (Å²) in [6, 6.07) is 20.0. The maximum Gasteiger partial charge on any atom is 0.262 e. The maximum atomic E-state index is 14.3. The average molecular weight is 512 g/mol. The maximum absolute atomic E-state index is 14.3. The number of hydrogen-bond donors (Lipinski definition) is 1. The topological polar surface area (TPSA) is 68.0 Å². The molecule has 3 aromatic heterocycles. The van der Waals surface area contributed by atoms with Crippen LogP contribution in [0.3, 0.4) is 0 Å². The van der Waals surface area contributed by atoms with E-state index >= 15 is 0 Å². The summed E-state index contributed by atoms with van der Waals surface area (Å²) in [6.07, 6.45) is 2.35. The zero-order valence-corrected chi connectivity index (χ0v) is 21.6. The van der Waals surface area contributed by atoms with Gasteiger partial charge in [-0.2, -0.15) is 0 Å². The van der Waals surface area contributed by atoms with Crippen molar-refractivity contribution < 1.29 is 9.50 Å². The van der Waals surface area contributed by atoms with E-state index in [1.807, 2.05) is 62.4 Å². The highest BCUT2D eigenvalue weighted by Gasteiger charge is 2.22. The molecule has 0 radical (unpaired) electrons. The van der Waals surface area contributed by atoms with Crippen LogP contribution < -0.4 is 5.56 Å². The Hall–Kier alpha value is -4.10. The molecule has 0 fully saturated rings. The van der Waals surface area contributed by atoms with E-state index in [9.17, 15) is 14.3 Å². The van der Waals surface area contributed by atoms with Crippen LogP contribution >= 0.6 is 11.3 Å². The monoisotopic (exact) mass is 511 g/mol. The van der Waals surface area contributed by atoms with Crippen molar-refractivity contribution in [2.75, 3.05) is 0 Å². The molecule has 0 aliphatic rings. The summed E-state index contributed by atoms with van der Waals surface area (Å²) in [7, 11) is 0. The fraction of sp³-hybridized carbons (Fsp3) is 0.167. The fourth-order valence-electron chi connectivity index (χ4n) is 4.55. The van der Waals surface area contributed by atoms with Crippen molar-refractivity contribution in [1.29, 1.82) is 0 Å². The second-order valence-electron chi connectivity index (χ2n) is 8.97. The normalized spacial score (nSPS) is 11.1. The number of halogens is 1. The molecule has 0 bridgehead atoms. The molecule has 0 saturated carbocycles. The van der Waals surface area contributed by atoms with Crippen molar-refractivity contribution in [1.82, 2.24) is 14.5 Å². The van der Waals surface area contributed by atoms with Crippen LogP contribution in [-0.2, 0) is 13.0 Å². The molecule has 5 aromatic rings. The number of thiophene rings is 1. The molecule has 1 N–H and O–H groups in total. The molecule has 0 atom stereocenters. The fourth-order valence-corrected chi connectivity index (χ4v) is 5.66. The minimum atomic E-state index is -0.757. The Kier molecular flexibility index (Phi) is 6.72. The van der Waals surface area contributed by atoms with Gasteiger partial charge in [-0.05, 0) is 62.6 Å². The lowest BCUT2D eigenvalue weighted by Gasteiger charge is -2.16. The Morgan fingerprint density at radius 2 is 1.76 bits per heavy atom. The summed E-state index contributed by atoms with van der Waals surface area (Å²) >= 11 is 1.53. The molecule has 0 aliphatic heterocycles. The lowest BCUT2D eigenvalue weighted by molar-refractivity contribution is 0.433. The van der Waals surface area contributed by atoms with Gasteiger partial charge in [-0.15, -0.1) is 11.3 Å². The summed E-state index contributed by atoms with van der Waals surface area (Å²) in [5.74, 6) is -1.03. The first-order valence-corrected chi connectivity index (χ1v) is 12.8. The van der Waals surface area contributed by atoms with Crippen molar-refractivity contribution >= 4 is 11.3 Å². The number of para-hydroxylation sites is 1. The minimum Gasteiger partial charge on any atom is -0.504 e. The van der Waals surface area contributed by atoms with Gasteiger partial charge in [-0.1, -0.05) is 42.5 Å². The van der Waals surface area contributed by atoms with Gasteiger partial charge in [0.25, 0.3) is 5.56 Å². The number of nitrogens with zero attached hydrogens (tertiary/aromatic N) is 3. The van der Waals surface area contributed by atoms with E-state index in [4.69, 9.17) is 4.98 Å². The number of benzene rings is 2. The third-order valence-electron chi connectivity index (χ3n) is 6.47. The number of phenolic OH excluding ortho intramolecular Hbond substituents is 1. The van der Waals surface area contributed by atoms with Gasteiger partial charge in [0.15, 0.2) is 11.6 Å². The molecule has 5 rings (SSSR count). The van der Waals surface area contributed by atoms with E-state index in [1.54, 1.807) is 23.8 Å². The number of aromatic nitrogens is 3. The van der Waals surface area contributed by atoms with E-state index in [0.29, 0.717) is 24.2 Å². The van der Waals surface area contributed by atoms with Gasteiger partial charge in [-0.25, -0.2) is 9.37 Å². The lowest BCUT2D eigenvalue weighted by atomic mass is 10.1. The van der Waals surface area contributed by atoms with Crippen molar-refractivity contribution in [3.05, 3.63) is 111 Å². The predicted molar refractivity (Wildman–Crippen MR) is 146 cm³/mol. The molecule has 0 aliphatic carbocycles. The molecule has 186 valence electrons. The summed E-state index contributed by atoms with van der Waals surface area (Å²) in [6.45, 7) is 6.14. The van der Waals surface area contributed by atoms with Crippen LogP contribution in [0, 0.1) is 26.6 Å². The SMILES string of the molecule is Cc1cccnc1-c1cc(-c2c(C)nc(-c3cccc(F)c3O)n(CCc3ccccc3)c2=O)sc1C. The largest absolute Gasteiger partial charge is 0.504 e. The number of hydrogen-bond acceptors (Lipinski definition) is 5. The number of pyridine rings is 1. The summed E-state index contributed by atoms with van der Waals surface area (Å²) in [5, 5.41) is 10.5. The van der Waals surface area contributed by atoms with E-state index in [1.165, 1.54) is 23.5 Å². The second-order valence-corrected chi connectivity index (χ2v) is 10.2. The first kappa shape index (κ1) is 24.6. The van der Waals surface area contributed by atoms with Crippen LogP contribution in [0.1, 0.15) is 21.7 Å². The minimum absolute atomic E-state index is 0.187. The summed E-state index contributed by atoms with van der Waals surface area (Å²) in [4.78, 5) is 25.2. The van der Waals surface area contributed by atoms with Gasteiger partial charge >= 0.3 is 0 Å². The number of aromatic hydroxyl groups is 1. The van der Waals surface area contributed by atoms with Gasteiger partial charge in [0.05, 0.1) is 22.5 Å². The highest BCUT2D eigenvalue weighted by molar-refractivity contribution is 7.16. The Labute approximate surface area is 218 Å². The average Bonchev–Trinajstić information content (AvgIpc) is 3.26. The van der Waals surface area contributed by atoms with Crippen molar-refractivity contribution in [2.24, 2.45) is 0 Å². The standard InChI is InChI=1S/C30H26FN3O2S/c1-18-9-8-15-32-27(18)23-17-25(37-20(23)3)26-19(2)33-29(22-12-7-13-24(31)28(22)35)34(30(26)36)16-14-21-10-5-4-6-11-21/h4-13,15,17,35H,14,16H2,1-3H3. The Bertz CT molecular complexity index is 1660. The molecule has 37 heavy (non-hydrogen) atoms. The van der Waals surface area contributed by atoms with Crippen LogP contribution in [0.15, 0.2) is 77.7 Å². The van der Waals surface area contributed by atoms with E-state index in [0.717, 1.165) is 32.1 Å². The number of phenols is 1. The smallest absolute Gasteiger partial charge is 0.262 e. The first-order valence-electron chi connectivity index (χ1n) is 12.0. The zero-order chi connectivity index (χ0) is 26.1. The number of aryl methyl sites for hydroxylation is 4. The molecular formula is C30H26FN3O2S. The second kappa shape index (κ2) is 10.1. The molecule has 5 nitrogen and oxygen atoms in total. The Morgan fingerprint density at radius 1 is 0.973 bits per heavy atom. The van der Waals surface area contributed by atoms with Crippen molar-refractivity contribution in [3.8, 4) is 38.8 Å². The summed E-state index contributed by atoms with van der Waals surface area (Å²) in [5.41, 5.74) is 4.97. The van der Waals surface area contributed by atoms with Gasteiger partial charge < -0.3 is 5.11 Å². The van der Waals surface area contributed by atoms with E-state index in [-0.39, 0.29) is 16.9 Å². The lowest BCUT2D eigenvalue weighted by Crippen LogP contribution is -2.27. The van der Waals surface area contributed by atoms with Crippen LogP contribution in [-0.4, -0.2) is 19.6 Å². The van der Waals surface area contributed by atoms with Gasteiger partial charge in [0.1, 0.15) is 5.82 Å². The number of rotatable bonds is 6. The van der Waals surface area contributed by atoms with Gasteiger partial charge in [0, 0.05) is 28.1 Å². The molecule has 0 saturated heterocycles. The molecule has 0 amide bonds. The van der Waals surface area contributed by atoms with Crippen LogP contribution in [0.5, 0.6) is 5.75 Å². The molecule has 0 unspecified atom stereocenters. The summed E-state index contributed by atoms with van der Waals surface area (Å²) < 4.78 is 15.8. The van der Waals surface area contributed by atoms with Crippen LogP contribution in [0.25, 0.3) is 33.1 Å². The molecule has 0 spiro atoms. The van der Waals surface area contributed by atoms with Crippen LogP contribution in [0.4, 0.5) is 4.39 Å². The third-order valence-corrected chi connectivity index (χ3v) is 7.54. The predicted octanol–water partition coefficient (Wildman–Crippen LogP) is 6.71. The third kappa shape index (κ3) is 4.70. The first-order chi connectivity index (χ1) is 17.8. The molecular weight excluding hydrogens is 485 g/mol. The quantitative estimate of drug-likeness (QED) is 0.275. The zero-order valence-electron chi connectivity index (χ0n) is 20.8. The van der Waals surface area contributed by atoms with Crippen LogP contribution in [0.2, 0.25) is 0 Å². The molecule has 7 heteroatoms. The van der Waals surface area contributed by atoms with Crippen molar-refractivity contribution in [3.63, 3.8) is 0 Å². The van der Waals surface area contributed by atoms with Gasteiger partial charge in [0.2, 0.25) is 0 Å². The van der Waals surface area contributed by atoms with Gasteiger partial charge in [-0.3, -0.25) is 14.3 Å². The molecule has 2 aromatic carbocycles. The molecule has 3 heterocycles. The van der Waals surface area contributed by atoms with E-state index in [2.05, 4.69) is 4.98 Å². The van der Waals surface area contributed by atoms with Crippen molar-refractivity contribution in [2.45, 2.75) is 33.7 Å². The highest BCUT2D eigenvalue weighted by atomic mass is 32.1. The Balaban J connectivity index is 1.68. The highest BCUT2D eigenvalue weighted by Crippen LogP contribution is 2.38. The Morgan fingerprint density at radius 3 is 2.51 bits per heavy atom. The van der Waals surface area contributed by atoms with E-state index < -0.39 is 11.6 Å².